The van der Waals surface area contributed by atoms with E-state index in [0.29, 0.717) is 4.99 Å². The van der Waals surface area contributed by atoms with Crippen molar-refractivity contribution in [3.63, 3.8) is 0 Å². The van der Waals surface area contributed by atoms with Crippen molar-refractivity contribution in [1.29, 1.82) is 0 Å². The number of ether oxygens (including phenoxy) is 1. The van der Waals surface area contributed by atoms with Gasteiger partial charge in [-0.3, -0.25) is 0 Å². The molecule has 0 amide bonds. The van der Waals surface area contributed by atoms with Gasteiger partial charge in [-0.05, 0) is 43.0 Å². The standard InChI is InChI=1S/C14H19NOS/c1-10-9-12(5-6-13(10)14(15)17)16-8-7-11-3-2-4-11/h5-6,9,11H,2-4,7-8H2,1H3,(H2,15,17). The molecule has 1 aliphatic rings. The molecule has 0 atom stereocenters. The molecule has 0 spiro atoms. The predicted molar refractivity (Wildman–Crippen MR) is 74.5 cm³/mol. The molecule has 0 heterocycles. The first kappa shape index (κ1) is 12.4. The Bertz CT molecular complexity index is 413. The molecule has 2 nitrogen and oxygen atoms in total. The Morgan fingerprint density at radius 1 is 1.47 bits per heavy atom. The Morgan fingerprint density at radius 2 is 2.24 bits per heavy atom. The fraction of sp³-hybridized carbons (Fsp3) is 0.500. The zero-order valence-corrected chi connectivity index (χ0v) is 11.1. The Labute approximate surface area is 108 Å². The number of benzene rings is 1. The molecule has 2 rings (SSSR count). The Kier molecular flexibility index (Phi) is 4.00. The lowest BCUT2D eigenvalue weighted by Gasteiger charge is -2.25. The van der Waals surface area contributed by atoms with Crippen LogP contribution in [0.4, 0.5) is 0 Å². The van der Waals surface area contributed by atoms with Crippen LogP contribution in [0.15, 0.2) is 18.2 Å². The average molecular weight is 249 g/mol. The summed E-state index contributed by atoms with van der Waals surface area (Å²) in [5, 5.41) is 0. The van der Waals surface area contributed by atoms with Gasteiger partial charge in [-0.25, -0.2) is 0 Å². The molecule has 0 aromatic heterocycles. The number of hydrogen-bond donors (Lipinski definition) is 1. The van der Waals surface area contributed by atoms with Crippen LogP contribution in [0.1, 0.15) is 36.8 Å². The summed E-state index contributed by atoms with van der Waals surface area (Å²) in [6.45, 7) is 2.82. The SMILES string of the molecule is Cc1cc(OCCC2CCC2)ccc1C(N)=S. The van der Waals surface area contributed by atoms with Crippen LogP contribution in [0.5, 0.6) is 5.75 Å². The predicted octanol–water partition coefficient (Wildman–Crippen LogP) is 3.20. The van der Waals surface area contributed by atoms with E-state index >= 15 is 0 Å². The number of aryl methyl sites for hydroxylation is 1. The molecule has 0 radical (unpaired) electrons. The van der Waals surface area contributed by atoms with Gasteiger partial charge in [0.05, 0.1) is 6.61 Å². The summed E-state index contributed by atoms with van der Waals surface area (Å²) in [4.78, 5) is 0.448. The van der Waals surface area contributed by atoms with Gasteiger partial charge in [-0.1, -0.05) is 31.5 Å². The summed E-state index contributed by atoms with van der Waals surface area (Å²) in [6.07, 6.45) is 5.33. The molecule has 17 heavy (non-hydrogen) atoms. The first-order valence-electron chi connectivity index (χ1n) is 6.20. The highest BCUT2D eigenvalue weighted by Gasteiger charge is 2.16. The third-order valence-corrected chi connectivity index (χ3v) is 3.70. The van der Waals surface area contributed by atoms with E-state index < -0.39 is 0 Å². The van der Waals surface area contributed by atoms with Crippen LogP contribution in [-0.4, -0.2) is 11.6 Å². The number of hydrogen-bond acceptors (Lipinski definition) is 2. The molecule has 0 unspecified atom stereocenters. The normalized spacial score (nSPS) is 15.4. The van der Waals surface area contributed by atoms with E-state index in [0.717, 1.165) is 29.4 Å². The number of thiocarbonyl (C=S) groups is 1. The lowest BCUT2D eigenvalue weighted by molar-refractivity contribution is 0.222. The summed E-state index contributed by atoms with van der Waals surface area (Å²) < 4.78 is 5.74. The second-order valence-corrected chi connectivity index (χ2v) is 5.21. The van der Waals surface area contributed by atoms with E-state index in [2.05, 4.69) is 0 Å². The van der Waals surface area contributed by atoms with Crippen molar-refractivity contribution in [3.05, 3.63) is 29.3 Å². The lowest BCUT2D eigenvalue weighted by atomic mass is 9.83. The minimum Gasteiger partial charge on any atom is -0.494 e. The molecular weight excluding hydrogens is 230 g/mol. The zero-order valence-electron chi connectivity index (χ0n) is 10.2. The summed E-state index contributed by atoms with van der Waals surface area (Å²) in [5.41, 5.74) is 7.64. The number of rotatable bonds is 5. The topological polar surface area (TPSA) is 35.2 Å². The molecule has 2 N–H and O–H groups in total. The molecule has 0 aliphatic heterocycles. The molecule has 0 bridgehead atoms. The van der Waals surface area contributed by atoms with Crippen LogP contribution in [0, 0.1) is 12.8 Å². The maximum absolute atomic E-state index is 5.74. The summed E-state index contributed by atoms with van der Waals surface area (Å²) in [6, 6.07) is 5.90. The third-order valence-electron chi connectivity index (χ3n) is 3.48. The van der Waals surface area contributed by atoms with Crippen molar-refractivity contribution in [2.75, 3.05) is 6.61 Å². The quantitative estimate of drug-likeness (QED) is 0.814. The monoisotopic (exact) mass is 249 g/mol. The van der Waals surface area contributed by atoms with E-state index in [-0.39, 0.29) is 0 Å². The molecule has 0 saturated heterocycles. The molecule has 3 heteroatoms. The van der Waals surface area contributed by atoms with E-state index in [1.165, 1.54) is 25.7 Å². The van der Waals surface area contributed by atoms with Crippen molar-refractivity contribution in [1.82, 2.24) is 0 Å². The Balaban J connectivity index is 1.88. The second kappa shape index (κ2) is 5.50. The minimum absolute atomic E-state index is 0.448. The second-order valence-electron chi connectivity index (χ2n) is 4.78. The fourth-order valence-corrected chi connectivity index (χ4v) is 2.36. The third kappa shape index (κ3) is 3.19. The van der Waals surface area contributed by atoms with Gasteiger partial charge in [0.25, 0.3) is 0 Å². The zero-order chi connectivity index (χ0) is 12.3. The number of nitrogens with two attached hydrogens (primary N) is 1. The minimum atomic E-state index is 0.448. The molecule has 1 aromatic carbocycles. The molecule has 1 fully saturated rings. The van der Waals surface area contributed by atoms with Crippen LogP contribution in [0.3, 0.4) is 0 Å². The van der Waals surface area contributed by atoms with Crippen molar-refractivity contribution >= 4 is 17.2 Å². The first-order chi connectivity index (χ1) is 8.16. The Morgan fingerprint density at radius 3 is 2.76 bits per heavy atom. The van der Waals surface area contributed by atoms with Gasteiger partial charge in [0.1, 0.15) is 10.7 Å². The van der Waals surface area contributed by atoms with Gasteiger partial charge in [-0.15, -0.1) is 0 Å². The van der Waals surface area contributed by atoms with E-state index in [1.807, 2.05) is 25.1 Å². The van der Waals surface area contributed by atoms with Crippen LogP contribution in [0.25, 0.3) is 0 Å². The summed E-state index contributed by atoms with van der Waals surface area (Å²) in [7, 11) is 0. The molecule has 1 saturated carbocycles. The van der Waals surface area contributed by atoms with Gasteiger partial charge in [-0.2, -0.15) is 0 Å². The van der Waals surface area contributed by atoms with Gasteiger partial charge >= 0.3 is 0 Å². The van der Waals surface area contributed by atoms with Gasteiger partial charge in [0.15, 0.2) is 0 Å². The maximum Gasteiger partial charge on any atom is 0.119 e. The highest BCUT2D eigenvalue weighted by atomic mass is 32.1. The first-order valence-corrected chi connectivity index (χ1v) is 6.61. The average Bonchev–Trinajstić information content (AvgIpc) is 2.21. The summed E-state index contributed by atoms with van der Waals surface area (Å²) in [5.74, 6) is 1.81. The largest absolute Gasteiger partial charge is 0.494 e. The molecular formula is C14H19NOS. The van der Waals surface area contributed by atoms with E-state index in [4.69, 9.17) is 22.7 Å². The van der Waals surface area contributed by atoms with Crippen LogP contribution >= 0.6 is 12.2 Å². The van der Waals surface area contributed by atoms with E-state index in [9.17, 15) is 0 Å². The molecule has 92 valence electrons. The highest BCUT2D eigenvalue weighted by Crippen LogP contribution is 2.29. The Hall–Kier alpha value is -1.09. The van der Waals surface area contributed by atoms with Crippen LogP contribution < -0.4 is 10.5 Å². The fourth-order valence-electron chi connectivity index (χ4n) is 2.13. The van der Waals surface area contributed by atoms with Crippen molar-refractivity contribution < 1.29 is 4.74 Å². The van der Waals surface area contributed by atoms with Crippen molar-refractivity contribution in [2.45, 2.75) is 32.6 Å². The summed E-state index contributed by atoms with van der Waals surface area (Å²) >= 11 is 4.97. The van der Waals surface area contributed by atoms with Crippen LogP contribution in [0.2, 0.25) is 0 Å². The maximum atomic E-state index is 5.74. The van der Waals surface area contributed by atoms with Crippen molar-refractivity contribution in [2.24, 2.45) is 11.7 Å². The van der Waals surface area contributed by atoms with E-state index in [1.54, 1.807) is 0 Å². The smallest absolute Gasteiger partial charge is 0.119 e. The van der Waals surface area contributed by atoms with Gasteiger partial charge in [0.2, 0.25) is 0 Å². The highest BCUT2D eigenvalue weighted by molar-refractivity contribution is 7.80. The van der Waals surface area contributed by atoms with Crippen LogP contribution in [-0.2, 0) is 0 Å². The molecule has 1 aliphatic carbocycles. The lowest BCUT2D eigenvalue weighted by Crippen LogP contribution is -2.14. The van der Waals surface area contributed by atoms with Crippen molar-refractivity contribution in [3.8, 4) is 5.75 Å². The molecule has 1 aromatic rings. The van der Waals surface area contributed by atoms with Gasteiger partial charge < -0.3 is 10.5 Å². The van der Waals surface area contributed by atoms with Gasteiger partial charge in [0, 0.05) is 5.56 Å².